The normalized spacial score (nSPS) is 14.4. The number of aromatic amines is 1. The molecule has 8 heteroatoms. The summed E-state index contributed by atoms with van der Waals surface area (Å²) in [4.78, 5) is 44.1. The topological polar surface area (TPSA) is 78.4 Å². The number of H-pyrrole nitrogens is 1. The van der Waals surface area contributed by atoms with Crippen LogP contribution < -0.4 is 16.1 Å². The van der Waals surface area contributed by atoms with Crippen molar-refractivity contribution in [1.29, 1.82) is 0 Å². The van der Waals surface area contributed by atoms with Gasteiger partial charge in [0.2, 0.25) is 5.91 Å². The zero-order valence-electron chi connectivity index (χ0n) is 15.8. The molecule has 1 fully saturated rings. The number of fused-ring (bicyclic) bond motifs is 1. The first kappa shape index (κ1) is 19.3. The van der Waals surface area contributed by atoms with Crippen molar-refractivity contribution in [3.8, 4) is 0 Å². The van der Waals surface area contributed by atoms with E-state index in [2.05, 4.69) is 9.88 Å². The van der Waals surface area contributed by atoms with Gasteiger partial charge in [-0.05, 0) is 30.3 Å². The number of nitrogens with zero attached hydrogens (tertiary/aromatic N) is 3. The minimum atomic E-state index is -0.493. The molecule has 0 atom stereocenters. The lowest BCUT2D eigenvalue weighted by Gasteiger charge is -2.36. The number of rotatable bonds is 4. The van der Waals surface area contributed by atoms with Gasteiger partial charge < -0.3 is 14.8 Å². The monoisotopic (exact) mass is 412 g/mol. The molecule has 1 aliphatic heterocycles. The molecule has 1 aliphatic rings. The minimum Gasteiger partial charge on any atom is -0.368 e. The molecular weight excluding hydrogens is 392 g/mol. The van der Waals surface area contributed by atoms with Gasteiger partial charge in [0.1, 0.15) is 0 Å². The number of piperazine rings is 1. The van der Waals surface area contributed by atoms with Crippen LogP contribution in [0.25, 0.3) is 10.9 Å². The summed E-state index contributed by atoms with van der Waals surface area (Å²) in [7, 11) is 0. The van der Waals surface area contributed by atoms with Gasteiger partial charge in [0, 0.05) is 49.9 Å². The van der Waals surface area contributed by atoms with Gasteiger partial charge in [-0.3, -0.25) is 14.2 Å². The summed E-state index contributed by atoms with van der Waals surface area (Å²) < 4.78 is 1.10. The van der Waals surface area contributed by atoms with Crippen molar-refractivity contribution in [1.82, 2.24) is 14.5 Å². The first-order valence-electron chi connectivity index (χ1n) is 9.53. The quantitative estimate of drug-likeness (QED) is 0.711. The number of hydrogen-bond donors (Lipinski definition) is 1. The third kappa shape index (κ3) is 4.05. The second kappa shape index (κ2) is 8.13. The number of amides is 1. The summed E-state index contributed by atoms with van der Waals surface area (Å²) >= 11 is 6.06. The number of carbonyl (C=O) groups excluding carboxylic acids is 1. The van der Waals surface area contributed by atoms with E-state index in [9.17, 15) is 14.4 Å². The van der Waals surface area contributed by atoms with E-state index in [-0.39, 0.29) is 24.4 Å². The molecule has 0 saturated carbocycles. The number of halogens is 1. The van der Waals surface area contributed by atoms with Crippen LogP contribution in [0.5, 0.6) is 0 Å². The number of hydrogen-bond acceptors (Lipinski definition) is 4. The maximum absolute atomic E-state index is 12.6. The van der Waals surface area contributed by atoms with Crippen LogP contribution in [-0.2, 0) is 11.3 Å². The highest BCUT2D eigenvalue weighted by atomic mass is 35.5. The summed E-state index contributed by atoms with van der Waals surface area (Å²) in [6.45, 7) is 2.67. The Morgan fingerprint density at radius 1 is 1.00 bits per heavy atom. The summed E-state index contributed by atoms with van der Waals surface area (Å²) in [5, 5.41) is 1.13. The average Bonchev–Trinajstić information content (AvgIpc) is 2.73. The fourth-order valence-electron chi connectivity index (χ4n) is 3.65. The van der Waals surface area contributed by atoms with E-state index in [1.807, 2.05) is 24.3 Å². The molecule has 0 radical (unpaired) electrons. The van der Waals surface area contributed by atoms with Crippen molar-refractivity contribution >= 4 is 34.1 Å². The lowest BCUT2D eigenvalue weighted by atomic mass is 10.2. The van der Waals surface area contributed by atoms with Crippen LogP contribution in [0.1, 0.15) is 6.42 Å². The van der Waals surface area contributed by atoms with E-state index in [4.69, 9.17) is 11.6 Å². The predicted molar refractivity (Wildman–Crippen MR) is 114 cm³/mol. The Bertz CT molecular complexity index is 1160. The fraction of sp³-hybridized carbons (Fsp3) is 0.286. The van der Waals surface area contributed by atoms with Crippen LogP contribution in [0.15, 0.2) is 58.1 Å². The molecule has 0 aliphatic carbocycles. The van der Waals surface area contributed by atoms with Crippen molar-refractivity contribution in [3.63, 3.8) is 0 Å². The summed E-state index contributed by atoms with van der Waals surface area (Å²) in [5.41, 5.74) is 0.677. The van der Waals surface area contributed by atoms with E-state index in [1.165, 1.54) is 0 Å². The highest BCUT2D eigenvalue weighted by Crippen LogP contribution is 2.21. The summed E-state index contributed by atoms with van der Waals surface area (Å²) in [6, 6.07) is 14.5. The maximum Gasteiger partial charge on any atom is 0.328 e. The van der Waals surface area contributed by atoms with Crippen molar-refractivity contribution in [2.24, 2.45) is 0 Å². The van der Waals surface area contributed by atoms with Crippen molar-refractivity contribution in [2.75, 3.05) is 31.1 Å². The van der Waals surface area contributed by atoms with E-state index in [0.717, 1.165) is 10.3 Å². The Kier molecular flexibility index (Phi) is 5.40. The van der Waals surface area contributed by atoms with Crippen molar-refractivity contribution in [3.05, 3.63) is 74.4 Å². The zero-order chi connectivity index (χ0) is 20.4. The molecule has 1 saturated heterocycles. The molecular formula is C21H21ClN4O3. The number of para-hydroxylation sites is 1. The Hall–Kier alpha value is -3.06. The Morgan fingerprint density at radius 2 is 1.76 bits per heavy atom. The SMILES string of the molecule is O=C(CCn1c(=O)[nH]c2ccccc2c1=O)N1CCN(c2cccc(Cl)c2)CC1. The van der Waals surface area contributed by atoms with Crippen LogP contribution in [0.3, 0.4) is 0 Å². The predicted octanol–water partition coefficient (Wildman–Crippen LogP) is 2.08. The van der Waals surface area contributed by atoms with Gasteiger partial charge in [-0.1, -0.05) is 29.8 Å². The van der Waals surface area contributed by atoms with Crippen LogP contribution >= 0.6 is 11.6 Å². The highest BCUT2D eigenvalue weighted by molar-refractivity contribution is 6.30. The van der Waals surface area contributed by atoms with Crippen LogP contribution in [0.4, 0.5) is 5.69 Å². The van der Waals surface area contributed by atoms with E-state index < -0.39 is 5.69 Å². The Balaban J connectivity index is 1.39. The lowest BCUT2D eigenvalue weighted by molar-refractivity contribution is -0.131. The highest BCUT2D eigenvalue weighted by Gasteiger charge is 2.21. The van der Waals surface area contributed by atoms with E-state index in [0.29, 0.717) is 42.1 Å². The maximum atomic E-state index is 12.6. The number of aromatic nitrogens is 2. The van der Waals surface area contributed by atoms with Gasteiger partial charge in [-0.25, -0.2) is 4.79 Å². The molecule has 2 aromatic carbocycles. The van der Waals surface area contributed by atoms with Crippen LogP contribution in [0.2, 0.25) is 5.02 Å². The molecule has 150 valence electrons. The molecule has 1 N–H and O–H groups in total. The lowest BCUT2D eigenvalue weighted by Crippen LogP contribution is -2.49. The molecule has 4 rings (SSSR count). The molecule has 3 aromatic rings. The average molecular weight is 413 g/mol. The molecule has 2 heterocycles. The Labute approximate surface area is 172 Å². The third-order valence-electron chi connectivity index (χ3n) is 5.24. The standard InChI is InChI=1S/C21H21ClN4O3/c22-15-4-3-5-16(14-15)24-10-12-25(13-11-24)19(27)8-9-26-20(28)17-6-1-2-7-18(17)23-21(26)29/h1-7,14H,8-13H2,(H,23,29). The molecule has 0 unspecified atom stereocenters. The number of carbonyl (C=O) groups is 1. The van der Waals surface area contributed by atoms with Gasteiger partial charge in [0.05, 0.1) is 10.9 Å². The largest absolute Gasteiger partial charge is 0.368 e. The van der Waals surface area contributed by atoms with Gasteiger partial charge in [0.15, 0.2) is 0 Å². The molecule has 29 heavy (non-hydrogen) atoms. The molecule has 1 aromatic heterocycles. The zero-order valence-corrected chi connectivity index (χ0v) is 16.6. The smallest absolute Gasteiger partial charge is 0.328 e. The van der Waals surface area contributed by atoms with Gasteiger partial charge >= 0.3 is 5.69 Å². The van der Waals surface area contributed by atoms with Crippen LogP contribution in [0, 0.1) is 0 Å². The third-order valence-corrected chi connectivity index (χ3v) is 5.48. The second-order valence-electron chi connectivity index (χ2n) is 7.03. The fourth-order valence-corrected chi connectivity index (χ4v) is 3.84. The van der Waals surface area contributed by atoms with Crippen molar-refractivity contribution < 1.29 is 4.79 Å². The molecule has 1 amide bonds. The molecule has 0 spiro atoms. The van der Waals surface area contributed by atoms with Gasteiger partial charge in [-0.15, -0.1) is 0 Å². The number of anilines is 1. The molecule has 0 bridgehead atoms. The van der Waals surface area contributed by atoms with E-state index in [1.54, 1.807) is 29.2 Å². The summed E-state index contributed by atoms with van der Waals surface area (Å²) in [5.74, 6) is -0.0600. The number of nitrogens with one attached hydrogen (secondary N) is 1. The van der Waals surface area contributed by atoms with E-state index >= 15 is 0 Å². The number of benzene rings is 2. The van der Waals surface area contributed by atoms with Gasteiger partial charge in [0.25, 0.3) is 5.56 Å². The van der Waals surface area contributed by atoms with Crippen molar-refractivity contribution in [2.45, 2.75) is 13.0 Å². The first-order valence-corrected chi connectivity index (χ1v) is 9.91. The molecule has 7 nitrogen and oxygen atoms in total. The Morgan fingerprint density at radius 3 is 2.52 bits per heavy atom. The first-order chi connectivity index (χ1) is 14.0. The summed E-state index contributed by atoms with van der Waals surface area (Å²) in [6.07, 6.45) is 0.110. The van der Waals surface area contributed by atoms with Gasteiger partial charge in [-0.2, -0.15) is 0 Å². The minimum absolute atomic E-state index is 0.0600. The second-order valence-corrected chi connectivity index (χ2v) is 7.47. The van der Waals surface area contributed by atoms with Crippen LogP contribution in [-0.4, -0.2) is 46.5 Å².